The number of hydrogen-bond donors (Lipinski definition) is 0. The van der Waals surface area contributed by atoms with Crippen LogP contribution in [-0.4, -0.2) is 12.4 Å². The van der Waals surface area contributed by atoms with Crippen molar-refractivity contribution in [1.29, 1.82) is 0 Å². The fourth-order valence-electron chi connectivity index (χ4n) is 0.748. The molecule has 0 aliphatic carbocycles. The van der Waals surface area contributed by atoms with Gasteiger partial charge in [0.15, 0.2) is 0 Å². The third-order valence-corrected chi connectivity index (χ3v) is 1.45. The highest BCUT2D eigenvalue weighted by Crippen LogP contribution is 1.96. The van der Waals surface area contributed by atoms with Gasteiger partial charge in [-0.25, -0.2) is 0 Å². The summed E-state index contributed by atoms with van der Waals surface area (Å²) in [5.74, 6) is 0. The quantitative estimate of drug-likeness (QED) is 0.403. The Labute approximate surface area is 57.5 Å². The average molecular weight is 126 g/mol. The molecule has 0 saturated carbocycles. The van der Waals surface area contributed by atoms with Gasteiger partial charge in [-0.1, -0.05) is 20.3 Å². The fourth-order valence-corrected chi connectivity index (χ4v) is 0.748. The second-order valence-corrected chi connectivity index (χ2v) is 2.18. The Balaban J connectivity index is 3.45. The van der Waals surface area contributed by atoms with Gasteiger partial charge >= 0.3 is 0 Å². The lowest BCUT2D eigenvalue weighted by Crippen LogP contribution is -1.98. The van der Waals surface area contributed by atoms with Gasteiger partial charge in [-0.2, -0.15) is 0 Å². The van der Waals surface area contributed by atoms with Gasteiger partial charge < -0.3 is 0 Å². The minimum absolute atomic E-state index is 1.06. The maximum absolute atomic E-state index is 3.91. The molecular formula is C8H16N+. The van der Waals surface area contributed by atoms with Gasteiger partial charge in [0, 0.05) is 12.8 Å². The molecule has 0 rings (SSSR count). The lowest BCUT2D eigenvalue weighted by Gasteiger charge is -1.86. The van der Waals surface area contributed by atoms with E-state index in [1.54, 1.807) is 0 Å². The first-order chi connectivity index (χ1) is 4.35. The first kappa shape index (κ1) is 8.45. The van der Waals surface area contributed by atoms with E-state index in [9.17, 15) is 0 Å². The monoisotopic (exact) mass is 126 g/mol. The molecule has 0 aliphatic rings. The highest BCUT2D eigenvalue weighted by Gasteiger charge is 2.02. The second-order valence-electron chi connectivity index (χ2n) is 2.18. The number of nitrogens with zero attached hydrogens (tertiary/aromatic N) is 1. The fraction of sp³-hybridized carbons (Fsp3) is 0.750. The average Bonchev–Trinajstić information content (AvgIpc) is 1.91. The Morgan fingerprint density at radius 1 is 1.44 bits per heavy atom. The van der Waals surface area contributed by atoms with Crippen molar-refractivity contribution < 1.29 is 0 Å². The van der Waals surface area contributed by atoms with Crippen molar-refractivity contribution in [3.05, 3.63) is 0 Å². The molecule has 0 atom stereocenters. The Morgan fingerprint density at radius 2 is 2.11 bits per heavy atom. The molecule has 0 fully saturated rings. The molecule has 0 radical (unpaired) electrons. The van der Waals surface area contributed by atoms with Gasteiger partial charge in [0.25, 0.3) is 12.4 Å². The molecule has 0 aliphatic heterocycles. The van der Waals surface area contributed by atoms with E-state index in [1.807, 2.05) is 0 Å². The summed E-state index contributed by atoms with van der Waals surface area (Å²) in [5, 5.41) is 0. The van der Waals surface area contributed by atoms with Crippen LogP contribution < -0.4 is 4.67 Å². The van der Waals surface area contributed by atoms with E-state index in [0.717, 1.165) is 12.8 Å². The van der Waals surface area contributed by atoms with Crippen molar-refractivity contribution in [2.75, 3.05) is 0 Å². The maximum Gasteiger partial charge on any atom is 0.279 e. The molecule has 0 aromatic carbocycles. The van der Waals surface area contributed by atoms with Crippen LogP contribution in [-0.2, 0) is 0 Å². The Bertz CT molecular complexity index is 110. The van der Waals surface area contributed by atoms with Crippen LogP contribution in [0.1, 0.15) is 39.5 Å². The maximum atomic E-state index is 3.91. The molecule has 0 N–H and O–H groups in total. The zero-order chi connectivity index (χ0) is 7.11. The molecule has 0 aromatic rings. The van der Waals surface area contributed by atoms with E-state index in [4.69, 9.17) is 0 Å². The van der Waals surface area contributed by atoms with Gasteiger partial charge in [-0.05, 0) is 6.42 Å². The van der Waals surface area contributed by atoms with E-state index >= 15 is 0 Å². The van der Waals surface area contributed by atoms with Crippen molar-refractivity contribution >= 4 is 12.4 Å². The molecule has 1 nitrogen and oxygen atoms in total. The van der Waals surface area contributed by atoms with E-state index < -0.39 is 0 Å². The van der Waals surface area contributed by atoms with Crippen molar-refractivity contribution in [3.8, 4) is 0 Å². The van der Waals surface area contributed by atoms with Gasteiger partial charge in [0.05, 0.1) is 0 Å². The third kappa shape index (κ3) is 3.99. The molecule has 0 unspecified atom stereocenters. The number of rotatable bonds is 4. The molecule has 0 heterocycles. The zero-order valence-corrected chi connectivity index (χ0v) is 6.48. The topological polar surface area (TPSA) is 14.1 Å². The molecule has 9 heavy (non-hydrogen) atoms. The van der Waals surface area contributed by atoms with Crippen LogP contribution in [0.4, 0.5) is 0 Å². The zero-order valence-electron chi connectivity index (χ0n) is 6.48. The number of unbranched alkanes of at least 4 members (excludes halogenated alkanes) is 1. The molecule has 52 valence electrons. The highest BCUT2D eigenvalue weighted by molar-refractivity contribution is 5.83. The van der Waals surface area contributed by atoms with Crippen LogP contribution in [0.15, 0.2) is 0 Å². The van der Waals surface area contributed by atoms with Gasteiger partial charge in [-0.15, -0.1) is 4.67 Å². The molecule has 0 saturated heterocycles. The molecular weight excluding hydrogens is 110 g/mol. The number of hydrogen-bond acceptors (Lipinski definition) is 0. The van der Waals surface area contributed by atoms with Crippen molar-refractivity contribution in [3.63, 3.8) is 0 Å². The highest BCUT2D eigenvalue weighted by atomic mass is 14.5. The Hall–Kier alpha value is -0.550. The lowest BCUT2D eigenvalue weighted by molar-refractivity contribution is 0.826. The predicted octanol–water partition coefficient (Wildman–Crippen LogP) is 1.80. The van der Waals surface area contributed by atoms with Crippen LogP contribution in [0, 0.1) is 0 Å². The van der Waals surface area contributed by atoms with Crippen LogP contribution >= 0.6 is 0 Å². The first-order valence-corrected chi connectivity index (χ1v) is 3.66. The van der Waals surface area contributed by atoms with Crippen molar-refractivity contribution in [1.82, 2.24) is 4.67 Å². The summed E-state index contributed by atoms with van der Waals surface area (Å²) in [6.45, 7) is 7.81. The summed E-state index contributed by atoms with van der Waals surface area (Å²) in [6, 6.07) is 0. The van der Waals surface area contributed by atoms with Gasteiger partial charge in [-0.3, -0.25) is 0 Å². The molecule has 0 bridgehead atoms. The second kappa shape index (κ2) is 5.58. The minimum atomic E-state index is 1.06. The van der Waals surface area contributed by atoms with E-state index in [0.29, 0.717) is 0 Å². The summed E-state index contributed by atoms with van der Waals surface area (Å²) in [6.07, 6.45) is 4.70. The van der Waals surface area contributed by atoms with Crippen LogP contribution in [0.3, 0.4) is 0 Å². The van der Waals surface area contributed by atoms with Crippen LogP contribution in [0.25, 0.3) is 0 Å². The summed E-state index contributed by atoms with van der Waals surface area (Å²) >= 11 is 0. The molecule has 0 aromatic heterocycles. The normalized spacial score (nSPS) is 8.67. The summed E-state index contributed by atoms with van der Waals surface area (Å²) in [4.78, 5) is 0. The summed E-state index contributed by atoms with van der Waals surface area (Å²) in [7, 11) is 0. The first-order valence-electron chi connectivity index (χ1n) is 3.66. The summed E-state index contributed by atoms with van der Waals surface area (Å²) < 4.78 is 3.91. The van der Waals surface area contributed by atoms with Crippen molar-refractivity contribution in [2.24, 2.45) is 0 Å². The largest absolute Gasteiger partial charge is 0.279 e. The van der Waals surface area contributed by atoms with E-state index in [1.165, 1.54) is 18.6 Å². The Morgan fingerprint density at radius 3 is 2.44 bits per heavy atom. The van der Waals surface area contributed by atoms with Crippen LogP contribution in [0.5, 0.6) is 0 Å². The van der Waals surface area contributed by atoms with Gasteiger partial charge in [0.1, 0.15) is 0 Å². The van der Waals surface area contributed by atoms with Gasteiger partial charge in [0.2, 0.25) is 0 Å². The smallest absolute Gasteiger partial charge is 0.111 e. The predicted molar refractivity (Wildman–Crippen MR) is 44.1 cm³/mol. The minimum Gasteiger partial charge on any atom is -0.111 e. The van der Waals surface area contributed by atoms with E-state index in [-0.39, 0.29) is 0 Å². The summed E-state index contributed by atoms with van der Waals surface area (Å²) in [5.41, 5.74) is 1.25. The van der Waals surface area contributed by atoms with E-state index in [2.05, 4.69) is 25.2 Å². The molecule has 0 spiro atoms. The van der Waals surface area contributed by atoms with Crippen molar-refractivity contribution in [2.45, 2.75) is 39.5 Å². The third-order valence-electron chi connectivity index (χ3n) is 1.45. The lowest BCUT2D eigenvalue weighted by atomic mass is 10.1. The SMILES string of the molecule is C=[N+]=C(CC)CCCC. The molecule has 0 amide bonds. The standard InChI is InChI=1S/C8H16N/c1-4-6-7-8(5-2)9-3/h3-7H2,1-2H3/q+1. The molecule has 1 heteroatoms. The Kier molecular flexibility index (Phi) is 5.24. The van der Waals surface area contributed by atoms with Crippen LogP contribution in [0.2, 0.25) is 0 Å².